The molecular formula is C15H19BrFN3O. The Kier molecular flexibility index (Phi) is 5.87. The first kappa shape index (κ1) is 16.1. The van der Waals surface area contributed by atoms with Gasteiger partial charge in [-0.25, -0.2) is 4.39 Å². The van der Waals surface area contributed by atoms with Crippen LogP contribution in [-0.4, -0.2) is 22.7 Å². The van der Waals surface area contributed by atoms with Gasteiger partial charge in [0, 0.05) is 22.5 Å². The molecule has 1 aromatic heterocycles. The molecule has 0 aliphatic carbocycles. The van der Waals surface area contributed by atoms with Crippen molar-refractivity contribution in [2.45, 2.75) is 39.2 Å². The maximum atomic E-state index is 13.3. The Balaban J connectivity index is 2.15. The first-order chi connectivity index (χ1) is 10.1. The highest BCUT2D eigenvalue weighted by molar-refractivity contribution is 9.10. The summed E-state index contributed by atoms with van der Waals surface area (Å²) in [6.45, 7) is 5.13. The Labute approximate surface area is 132 Å². The van der Waals surface area contributed by atoms with Crippen LogP contribution in [0.3, 0.4) is 0 Å². The van der Waals surface area contributed by atoms with Gasteiger partial charge in [0.05, 0.1) is 0 Å². The van der Waals surface area contributed by atoms with Gasteiger partial charge in [-0.1, -0.05) is 41.4 Å². The van der Waals surface area contributed by atoms with E-state index in [-0.39, 0.29) is 5.82 Å². The van der Waals surface area contributed by atoms with Crippen LogP contribution in [0, 0.1) is 5.82 Å². The monoisotopic (exact) mass is 355 g/mol. The van der Waals surface area contributed by atoms with Crippen LogP contribution in [0.2, 0.25) is 0 Å². The lowest BCUT2D eigenvalue weighted by Gasteiger charge is -2.14. The number of halogens is 2. The fourth-order valence-electron chi connectivity index (χ4n) is 2.24. The molecule has 0 bridgehead atoms. The number of likely N-dealkylation sites (N-methyl/N-ethyl adjacent to an activating group) is 1. The van der Waals surface area contributed by atoms with Crippen LogP contribution in [0.1, 0.15) is 32.6 Å². The van der Waals surface area contributed by atoms with Crippen molar-refractivity contribution in [2.75, 3.05) is 6.54 Å². The summed E-state index contributed by atoms with van der Waals surface area (Å²) in [5.41, 5.74) is 0.598. The average Bonchev–Trinajstić information content (AvgIpc) is 2.90. The molecule has 0 saturated carbocycles. The Morgan fingerprint density at radius 3 is 2.90 bits per heavy atom. The minimum absolute atomic E-state index is 0.323. The molecule has 1 unspecified atom stereocenters. The molecule has 114 valence electrons. The van der Waals surface area contributed by atoms with Crippen molar-refractivity contribution in [1.82, 2.24) is 15.5 Å². The summed E-state index contributed by atoms with van der Waals surface area (Å²) >= 11 is 3.38. The quantitative estimate of drug-likeness (QED) is 0.816. The molecule has 0 amide bonds. The van der Waals surface area contributed by atoms with E-state index in [1.807, 2.05) is 0 Å². The summed E-state index contributed by atoms with van der Waals surface area (Å²) < 4.78 is 19.4. The first-order valence-electron chi connectivity index (χ1n) is 7.15. The maximum Gasteiger partial charge on any atom is 0.228 e. The van der Waals surface area contributed by atoms with Gasteiger partial charge in [0.15, 0.2) is 0 Å². The SMILES string of the molecule is CCCC(Cc1nc(-c2cc(F)ccc2Br)no1)NCC. The van der Waals surface area contributed by atoms with E-state index < -0.39 is 0 Å². The van der Waals surface area contributed by atoms with E-state index in [0.29, 0.717) is 29.7 Å². The molecule has 1 atom stereocenters. The number of hydrogen-bond acceptors (Lipinski definition) is 4. The largest absolute Gasteiger partial charge is 0.339 e. The smallest absolute Gasteiger partial charge is 0.228 e. The Morgan fingerprint density at radius 2 is 2.19 bits per heavy atom. The van der Waals surface area contributed by atoms with E-state index in [1.54, 1.807) is 6.07 Å². The topological polar surface area (TPSA) is 51.0 Å². The number of rotatable bonds is 7. The van der Waals surface area contributed by atoms with Crippen LogP contribution in [0.25, 0.3) is 11.4 Å². The third kappa shape index (κ3) is 4.35. The summed E-state index contributed by atoms with van der Waals surface area (Å²) in [7, 11) is 0. The number of nitrogens with one attached hydrogen (secondary N) is 1. The summed E-state index contributed by atoms with van der Waals surface area (Å²) in [6.07, 6.45) is 2.82. The zero-order valence-electron chi connectivity index (χ0n) is 12.2. The molecule has 0 saturated heterocycles. The third-order valence-corrected chi connectivity index (χ3v) is 3.88. The van der Waals surface area contributed by atoms with E-state index >= 15 is 0 Å². The minimum atomic E-state index is -0.323. The fraction of sp³-hybridized carbons (Fsp3) is 0.467. The van der Waals surface area contributed by atoms with Crippen LogP contribution >= 0.6 is 15.9 Å². The summed E-state index contributed by atoms with van der Waals surface area (Å²) in [5.74, 6) is 0.653. The molecule has 6 heteroatoms. The van der Waals surface area contributed by atoms with Crippen LogP contribution in [-0.2, 0) is 6.42 Å². The van der Waals surface area contributed by atoms with Gasteiger partial charge in [-0.05, 0) is 31.2 Å². The van der Waals surface area contributed by atoms with Gasteiger partial charge in [-0.2, -0.15) is 4.98 Å². The first-order valence-corrected chi connectivity index (χ1v) is 7.94. The van der Waals surface area contributed by atoms with Gasteiger partial charge in [0.25, 0.3) is 0 Å². The van der Waals surface area contributed by atoms with Crippen molar-refractivity contribution in [3.8, 4) is 11.4 Å². The summed E-state index contributed by atoms with van der Waals surface area (Å²) in [6, 6.07) is 4.74. The van der Waals surface area contributed by atoms with E-state index in [4.69, 9.17) is 4.52 Å². The molecule has 0 aliphatic rings. The van der Waals surface area contributed by atoms with E-state index in [0.717, 1.165) is 23.9 Å². The average molecular weight is 356 g/mol. The lowest BCUT2D eigenvalue weighted by atomic mass is 10.1. The number of nitrogens with zero attached hydrogens (tertiary/aromatic N) is 2. The fourth-order valence-corrected chi connectivity index (χ4v) is 2.66. The maximum absolute atomic E-state index is 13.3. The van der Waals surface area contributed by atoms with E-state index in [1.165, 1.54) is 12.1 Å². The summed E-state index contributed by atoms with van der Waals surface area (Å²) in [5, 5.41) is 7.36. The second-order valence-corrected chi connectivity index (χ2v) is 5.74. The molecule has 0 aliphatic heterocycles. The van der Waals surface area contributed by atoms with Crippen LogP contribution < -0.4 is 5.32 Å². The highest BCUT2D eigenvalue weighted by atomic mass is 79.9. The van der Waals surface area contributed by atoms with Gasteiger partial charge in [-0.15, -0.1) is 0 Å². The third-order valence-electron chi connectivity index (χ3n) is 3.19. The molecule has 0 spiro atoms. The summed E-state index contributed by atoms with van der Waals surface area (Å²) in [4.78, 5) is 4.37. The zero-order valence-corrected chi connectivity index (χ0v) is 13.8. The molecule has 1 N–H and O–H groups in total. The molecule has 1 heterocycles. The van der Waals surface area contributed by atoms with Crippen molar-refractivity contribution in [3.63, 3.8) is 0 Å². The number of hydrogen-bond donors (Lipinski definition) is 1. The molecule has 0 fully saturated rings. The van der Waals surface area contributed by atoms with Crippen LogP contribution in [0.4, 0.5) is 4.39 Å². The number of benzene rings is 1. The van der Waals surface area contributed by atoms with Gasteiger partial charge in [0.1, 0.15) is 5.82 Å². The van der Waals surface area contributed by atoms with Gasteiger partial charge < -0.3 is 9.84 Å². The van der Waals surface area contributed by atoms with E-state index in [2.05, 4.69) is 45.2 Å². The Hall–Kier alpha value is -1.27. The molecular weight excluding hydrogens is 337 g/mol. The molecule has 0 radical (unpaired) electrons. The Bertz CT molecular complexity index is 582. The van der Waals surface area contributed by atoms with Gasteiger partial charge in [-0.3, -0.25) is 0 Å². The Morgan fingerprint density at radius 1 is 1.38 bits per heavy atom. The van der Waals surface area contributed by atoms with Crippen molar-refractivity contribution in [3.05, 3.63) is 34.4 Å². The molecule has 21 heavy (non-hydrogen) atoms. The standard InChI is InChI=1S/C15H19BrFN3O/c1-3-5-11(18-4-2)9-14-19-15(20-21-14)12-8-10(17)6-7-13(12)16/h6-8,11,18H,3-5,9H2,1-2H3. The van der Waals surface area contributed by atoms with Crippen LogP contribution in [0.5, 0.6) is 0 Å². The minimum Gasteiger partial charge on any atom is -0.339 e. The van der Waals surface area contributed by atoms with Crippen LogP contribution in [0.15, 0.2) is 27.2 Å². The number of aromatic nitrogens is 2. The van der Waals surface area contributed by atoms with Crippen molar-refractivity contribution in [1.29, 1.82) is 0 Å². The van der Waals surface area contributed by atoms with Gasteiger partial charge >= 0.3 is 0 Å². The molecule has 4 nitrogen and oxygen atoms in total. The highest BCUT2D eigenvalue weighted by Gasteiger charge is 2.16. The van der Waals surface area contributed by atoms with Crippen molar-refractivity contribution in [2.24, 2.45) is 0 Å². The highest BCUT2D eigenvalue weighted by Crippen LogP contribution is 2.27. The predicted molar refractivity (Wildman–Crippen MR) is 83.5 cm³/mol. The second kappa shape index (κ2) is 7.66. The second-order valence-electron chi connectivity index (χ2n) is 4.88. The van der Waals surface area contributed by atoms with Gasteiger partial charge in [0.2, 0.25) is 11.7 Å². The lowest BCUT2D eigenvalue weighted by molar-refractivity contribution is 0.352. The normalized spacial score (nSPS) is 12.6. The molecule has 2 rings (SSSR count). The van der Waals surface area contributed by atoms with E-state index in [9.17, 15) is 4.39 Å². The predicted octanol–water partition coefficient (Wildman–Crippen LogP) is 3.96. The lowest BCUT2D eigenvalue weighted by Crippen LogP contribution is -2.30. The molecule has 1 aromatic carbocycles. The molecule has 2 aromatic rings. The van der Waals surface area contributed by atoms with Crippen molar-refractivity contribution < 1.29 is 8.91 Å². The van der Waals surface area contributed by atoms with Crippen molar-refractivity contribution >= 4 is 15.9 Å². The zero-order chi connectivity index (χ0) is 15.2.